The highest BCUT2D eigenvalue weighted by Gasteiger charge is 2.16. The first-order chi connectivity index (χ1) is 16.2. The van der Waals surface area contributed by atoms with Crippen LogP contribution >= 0.6 is 11.8 Å². The number of nitrogen functional groups attached to an aromatic ring is 1. The first-order valence-corrected chi connectivity index (χ1v) is 11.4. The molecule has 5 aromatic rings. The number of aromatic nitrogens is 7. The van der Waals surface area contributed by atoms with Gasteiger partial charge in [0.15, 0.2) is 22.4 Å². The molecule has 0 aliphatic rings. The summed E-state index contributed by atoms with van der Waals surface area (Å²) in [6.45, 7) is 0.769. The molecule has 0 spiro atoms. The molecule has 0 saturated carbocycles. The van der Waals surface area contributed by atoms with Crippen molar-refractivity contribution in [3.05, 3.63) is 67.3 Å². The van der Waals surface area contributed by atoms with Crippen LogP contribution in [-0.4, -0.2) is 47.1 Å². The first kappa shape index (κ1) is 21.0. The summed E-state index contributed by atoms with van der Waals surface area (Å²) in [5.74, 6) is 2.85. The molecule has 3 aromatic heterocycles. The number of rotatable bonds is 8. The lowest BCUT2D eigenvalue weighted by atomic mass is 10.2. The van der Waals surface area contributed by atoms with E-state index >= 15 is 0 Å². The number of imidazole rings is 1. The zero-order valence-corrected chi connectivity index (χ0v) is 18.8. The van der Waals surface area contributed by atoms with Crippen LogP contribution in [-0.2, 0) is 6.54 Å². The Morgan fingerprint density at radius 3 is 2.58 bits per heavy atom. The number of benzene rings is 2. The van der Waals surface area contributed by atoms with Crippen molar-refractivity contribution < 1.29 is 4.74 Å². The van der Waals surface area contributed by atoms with E-state index in [1.165, 1.54) is 6.33 Å². The summed E-state index contributed by atoms with van der Waals surface area (Å²) in [5, 5.41) is 9.84. The fraction of sp³-hybridized carbons (Fsp3) is 0.174. The van der Waals surface area contributed by atoms with E-state index < -0.39 is 0 Å². The van der Waals surface area contributed by atoms with Crippen molar-refractivity contribution in [1.29, 1.82) is 0 Å². The molecule has 0 aliphatic heterocycles. The molecule has 2 aromatic carbocycles. The van der Waals surface area contributed by atoms with Gasteiger partial charge in [0.05, 0.1) is 13.4 Å². The molecule has 166 valence electrons. The van der Waals surface area contributed by atoms with Crippen molar-refractivity contribution in [3.63, 3.8) is 0 Å². The smallest absolute Gasteiger partial charge is 0.196 e. The third kappa shape index (κ3) is 4.24. The largest absolute Gasteiger partial charge is 0.497 e. The average Bonchev–Trinajstić information content (AvgIpc) is 3.48. The highest BCUT2D eigenvalue weighted by molar-refractivity contribution is 7.99. The fourth-order valence-electron chi connectivity index (χ4n) is 3.56. The SMILES string of the molecule is COc1ccc(-c2nnc(SCCCn3cnc4c(N)ncnc43)n2-c2ccccc2)cc1. The number of nitrogens with zero attached hydrogens (tertiary/aromatic N) is 7. The van der Waals surface area contributed by atoms with Gasteiger partial charge in [0.2, 0.25) is 0 Å². The van der Waals surface area contributed by atoms with Gasteiger partial charge in [0.25, 0.3) is 0 Å². The third-order valence-electron chi connectivity index (χ3n) is 5.20. The Kier molecular flexibility index (Phi) is 5.90. The number of anilines is 1. The predicted octanol–water partition coefficient (Wildman–Crippen LogP) is 3.85. The molecule has 3 heterocycles. The Balaban J connectivity index is 1.35. The van der Waals surface area contributed by atoms with Gasteiger partial charge in [-0.2, -0.15) is 0 Å². The fourth-order valence-corrected chi connectivity index (χ4v) is 4.44. The molecule has 5 rings (SSSR count). The van der Waals surface area contributed by atoms with Gasteiger partial charge in [-0.1, -0.05) is 30.0 Å². The molecular weight excluding hydrogens is 436 g/mol. The molecule has 0 atom stereocenters. The first-order valence-electron chi connectivity index (χ1n) is 10.4. The van der Waals surface area contributed by atoms with Crippen molar-refractivity contribution in [2.24, 2.45) is 0 Å². The van der Waals surface area contributed by atoms with Gasteiger partial charge in [-0.15, -0.1) is 10.2 Å². The number of hydrogen-bond acceptors (Lipinski definition) is 8. The lowest BCUT2D eigenvalue weighted by molar-refractivity contribution is 0.415. The van der Waals surface area contributed by atoms with Crippen LogP contribution in [0, 0.1) is 0 Å². The normalized spacial score (nSPS) is 11.2. The summed E-state index contributed by atoms with van der Waals surface area (Å²) >= 11 is 1.67. The van der Waals surface area contributed by atoms with Crippen LogP contribution in [0.25, 0.3) is 28.2 Å². The predicted molar refractivity (Wildman–Crippen MR) is 128 cm³/mol. The molecule has 0 bridgehead atoms. The monoisotopic (exact) mass is 458 g/mol. The Morgan fingerprint density at radius 2 is 1.79 bits per heavy atom. The topological polar surface area (TPSA) is 110 Å². The van der Waals surface area contributed by atoms with E-state index in [0.717, 1.165) is 52.3 Å². The summed E-state index contributed by atoms with van der Waals surface area (Å²) in [7, 11) is 1.66. The maximum atomic E-state index is 5.88. The molecule has 0 unspecified atom stereocenters. The molecule has 2 N–H and O–H groups in total. The highest BCUT2D eigenvalue weighted by atomic mass is 32.2. The molecule has 10 heteroatoms. The van der Waals surface area contributed by atoms with E-state index in [1.807, 2.05) is 47.0 Å². The maximum absolute atomic E-state index is 5.88. The molecule has 0 amide bonds. The van der Waals surface area contributed by atoms with Crippen LogP contribution in [0.3, 0.4) is 0 Å². The van der Waals surface area contributed by atoms with E-state index in [9.17, 15) is 0 Å². The maximum Gasteiger partial charge on any atom is 0.196 e. The summed E-state index contributed by atoms with van der Waals surface area (Å²) in [6, 6.07) is 18.0. The number of methoxy groups -OCH3 is 1. The van der Waals surface area contributed by atoms with Crippen molar-refractivity contribution >= 4 is 28.7 Å². The number of hydrogen-bond donors (Lipinski definition) is 1. The Labute approximate surface area is 194 Å². The summed E-state index contributed by atoms with van der Waals surface area (Å²) in [5.41, 5.74) is 9.26. The second-order valence-corrected chi connectivity index (χ2v) is 8.34. The minimum absolute atomic E-state index is 0.398. The highest BCUT2D eigenvalue weighted by Crippen LogP contribution is 2.29. The standard InChI is InChI=1S/C23H22N8OS/c1-32-18-10-8-16(9-11-18)21-28-29-23(31(21)17-6-3-2-4-7-17)33-13-5-12-30-15-27-19-20(24)25-14-26-22(19)30/h2-4,6-11,14-15H,5,12-13H2,1H3,(H2,24,25,26). The van der Waals surface area contributed by atoms with E-state index in [-0.39, 0.29) is 0 Å². The van der Waals surface area contributed by atoms with Crippen LogP contribution in [0.4, 0.5) is 5.82 Å². The lowest BCUT2D eigenvalue weighted by Crippen LogP contribution is -2.02. The van der Waals surface area contributed by atoms with Gasteiger partial charge in [-0.3, -0.25) is 4.57 Å². The molecular formula is C23H22N8OS. The molecule has 9 nitrogen and oxygen atoms in total. The van der Waals surface area contributed by atoms with Crippen molar-refractivity contribution in [2.75, 3.05) is 18.6 Å². The number of aryl methyl sites for hydroxylation is 1. The molecule has 0 aliphatic carbocycles. The van der Waals surface area contributed by atoms with E-state index in [4.69, 9.17) is 10.5 Å². The number of thioether (sulfide) groups is 1. The summed E-state index contributed by atoms with van der Waals surface area (Å²) in [6.07, 6.45) is 4.13. The molecule has 0 fully saturated rings. The Morgan fingerprint density at radius 1 is 0.970 bits per heavy atom. The molecule has 0 saturated heterocycles. The van der Waals surface area contributed by atoms with Gasteiger partial charge in [-0.05, 0) is 42.8 Å². The number of ether oxygens (including phenoxy) is 1. The summed E-state index contributed by atoms with van der Waals surface area (Å²) < 4.78 is 9.38. The second kappa shape index (κ2) is 9.29. The minimum Gasteiger partial charge on any atom is -0.497 e. The lowest BCUT2D eigenvalue weighted by Gasteiger charge is -2.11. The van der Waals surface area contributed by atoms with Crippen molar-refractivity contribution in [2.45, 2.75) is 18.1 Å². The van der Waals surface area contributed by atoms with E-state index in [1.54, 1.807) is 25.2 Å². The average molecular weight is 459 g/mol. The van der Waals surface area contributed by atoms with Gasteiger partial charge in [0.1, 0.15) is 17.6 Å². The van der Waals surface area contributed by atoms with Gasteiger partial charge in [0, 0.05) is 23.5 Å². The Hall–Kier alpha value is -3.92. The van der Waals surface area contributed by atoms with Crippen LogP contribution in [0.5, 0.6) is 5.75 Å². The van der Waals surface area contributed by atoms with Gasteiger partial charge >= 0.3 is 0 Å². The van der Waals surface area contributed by atoms with E-state index in [2.05, 4.69) is 41.8 Å². The molecule has 33 heavy (non-hydrogen) atoms. The van der Waals surface area contributed by atoms with E-state index in [0.29, 0.717) is 11.3 Å². The zero-order chi connectivity index (χ0) is 22.6. The van der Waals surface area contributed by atoms with Crippen LogP contribution in [0.15, 0.2) is 72.4 Å². The number of para-hydroxylation sites is 1. The second-order valence-electron chi connectivity index (χ2n) is 7.28. The van der Waals surface area contributed by atoms with Crippen molar-refractivity contribution in [3.8, 4) is 22.8 Å². The number of fused-ring (bicyclic) bond motifs is 1. The summed E-state index contributed by atoms with van der Waals surface area (Å²) in [4.78, 5) is 12.6. The van der Waals surface area contributed by atoms with Crippen LogP contribution in [0.2, 0.25) is 0 Å². The van der Waals surface area contributed by atoms with Gasteiger partial charge in [-0.25, -0.2) is 15.0 Å². The molecule has 0 radical (unpaired) electrons. The third-order valence-corrected chi connectivity index (χ3v) is 6.22. The zero-order valence-electron chi connectivity index (χ0n) is 18.0. The quantitative estimate of drug-likeness (QED) is 0.276. The van der Waals surface area contributed by atoms with Gasteiger partial charge < -0.3 is 15.0 Å². The number of nitrogens with two attached hydrogens (primary N) is 1. The van der Waals surface area contributed by atoms with Crippen molar-refractivity contribution in [1.82, 2.24) is 34.3 Å². The minimum atomic E-state index is 0.398. The van der Waals surface area contributed by atoms with Crippen LogP contribution < -0.4 is 10.5 Å². The Bertz CT molecular complexity index is 1360. The van der Waals surface area contributed by atoms with Crippen LogP contribution in [0.1, 0.15) is 6.42 Å².